The number of nitrogens with two attached hydrogens (primary N) is 1. The van der Waals surface area contributed by atoms with E-state index in [1.54, 1.807) is 54.8 Å². The topological polar surface area (TPSA) is 159 Å². The van der Waals surface area contributed by atoms with Gasteiger partial charge >= 0.3 is 5.97 Å². The first-order chi connectivity index (χ1) is 25.2. The summed E-state index contributed by atoms with van der Waals surface area (Å²) < 4.78 is 75.8. The molecule has 1 aliphatic rings. The number of anilines is 1. The Balaban J connectivity index is 1.42. The Kier molecular flexibility index (Phi) is 8.94. The van der Waals surface area contributed by atoms with Gasteiger partial charge in [-0.2, -0.15) is 0 Å². The number of fused-ring (bicyclic) bond motifs is 6. The smallest absolute Gasteiger partial charge is 0.323 e. The Hall–Kier alpha value is -5.80. The van der Waals surface area contributed by atoms with Crippen molar-refractivity contribution >= 4 is 49.5 Å². The van der Waals surface area contributed by atoms with Crippen LogP contribution in [0.15, 0.2) is 77.2 Å². The van der Waals surface area contributed by atoms with E-state index in [2.05, 4.69) is 5.32 Å². The number of hydrogen-bond donors (Lipinski definition) is 2. The van der Waals surface area contributed by atoms with Crippen LogP contribution in [-0.2, 0) is 19.6 Å². The monoisotopic (exact) mass is 743 g/mol. The summed E-state index contributed by atoms with van der Waals surface area (Å²) >= 11 is 0. The first kappa shape index (κ1) is 35.6. The number of esters is 1. The highest BCUT2D eigenvalue weighted by molar-refractivity contribution is 7.92. The van der Waals surface area contributed by atoms with Crippen molar-refractivity contribution in [3.8, 4) is 39.7 Å². The Morgan fingerprint density at radius 2 is 1.79 bits per heavy atom. The molecule has 0 bridgehead atoms. The number of benzene rings is 3. The number of sulfonamides is 1. The van der Waals surface area contributed by atoms with E-state index >= 15 is 4.39 Å². The maximum absolute atomic E-state index is 15.2. The molecule has 3 aromatic heterocycles. The minimum absolute atomic E-state index is 0.149. The number of hydrogen-bond acceptors (Lipinski definition) is 9. The number of furan rings is 1. The van der Waals surface area contributed by atoms with Crippen molar-refractivity contribution in [2.24, 2.45) is 11.7 Å². The maximum atomic E-state index is 15.2. The van der Waals surface area contributed by atoms with Gasteiger partial charge in [0.2, 0.25) is 16.3 Å². The summed E-state index contributed by atoms with van der Waals surface area (Å²) in [6.45, 7) is 3.37. The number of aromatic nitrogens is 2. The number of halogens is 2. The molecule has 274 valence electrons. The summed E-state index contributed by atoms with van der Waals surface area (Å²) in [5.74, 6) is -1.77. The zero-order valence-electron chi connectivity index (χ0n) is 29.3. The largest absolute Gasteiger partial charge is 0.464 e. The van der Waals surface area contributed by atoms with Crippen LogP contribution in [0.1, 0.15) is 30.4 Å². The van der Waals surface area contributed by atoms with Crippen LogP contribution >= 0.6 is 0 Å². The lowest BCUT2D eigenvalue weighted by Crippen LogP contribution is -2.38. The predicted molar refractivity (Wildman–Crippen MR) is 196 cm³/mol. The second-order valence-corrected chi connectivity index (χ2v) is 15.1. The maximum Gasteiger partial charge on any atom is 0.323 e. The average molecular weight is 744 g/mol. The van der Waals surface area contributed by atoms with E-state index in [-0.39, 0.29) is 46.2 Å². The van der Waals surface area contributed by atoms with Crippen molar-refractivity contribution < 1.29 is 40.7 Å². The van der Waals surface area contributed by atoms with E-state index in [0.717, 1.165) is 10.6 Å². The van der Waals surface area contributed by atoms with Gasteiger partial charge in [-0.1, -0.05) is 19.9 Å². The Morgan fingerprint density at radius 1 is 1.06 bits per heavy atom. The third-order valence-electron chi connectivity index (χ3n) is 9.32. The molecule has 3 aromatic carbocycles. The molecule has 1 aliphatic heterocycles. The van der Waals surface area contributed by atoms with Crippen molar-refractivity contribution in [1.29, 1.82) is 0 Å². The molecule has 1 amide bonds. The standard InChI is InChI=1S/C38H35F2N5O7S/c1-19(2)34(41)38(47)50-18-32-45-27-8-6-7-25(40)22(27)16-29(45)35-30(51-32)14-13-26(43-35)23-15-24-31(17-28(23)44(4)53(5,48)49)52-36(33(24)37(46)42-3)20-9-11-21(39)12-10-20/h6-17,19,32,34H,18,41H2,1-5H3,(H,42,46)/t32-,34?/m0/s1. The van der Waals surface area contributed by atoms with Crippen LogP contribution in [0, 0.1) is 17.6 Å². The molecule has 7 rings (SSSR count). The van der Waals surface area contributed by atoms with Gasteiger partial charge in [0.05, 0.1) is 34.4 Å². The van der Waals surface area contributed by atoms with Crippen molar-refractivity contribution in [3.05, 3.63) is 90.0 Å². The van der Waals surface area contributed by atoms with E-state index in [9.17, 15) is 22.4 Å². The fourth-order valence-electron chi connectivity index (χ4n) is 6.34. The molecule has 2 atom stereocenters. The van der Waals surface area contributed by atoms with Crippen molar-refractivity contribution in [1.82, 2.24) is 14.9 Å². The second kappa shape index (κ2) is 13.3. The van der Waals surface area contributed by atoms with Crippen LogP contribution in [0.4, 0.5) is 14.5 Å². The minimum atomic E-state index is -3.83. The summed E-state index contributed by atoms with van der Waals surface area (Å²) in [5.41, 5.74) is 8.80. The Labute approximate surface area is 303 Å². The summed E-state index contributed by atoms with van der Waals surface area (Å²) in [6, 6.07) is 17.2. The van der Waals surface area contributed by atoms with Gasteiger partial charge in [0.15, 0.2) is 0 Å². The molecule has 53 heavy (non-hydrogen) atoms. The summed E-state index contributed by atoms with van der Waals surface area (Å²) in [7, 11) is -0.996. The van der Waals surface area contributed by atoms with Gasteiger partial charge in [0.25, 0.3) is 5.91 Å². The van der Waals surface area contributed by atoms with Gasteiger partial charge in [-0.3, -0.25) is 18.5 Å². The summed E-state index contributed by atoms with van der Waals surface area (Å²) in [6.07, 6.45) is 0.146. The fourth-order valence-corrected chi connectivity index (χ4v) is 6.85. The van der Waals surface area contributed by atoms with Crippen LogP contribution in [0.2, 0.25) is 0 Å². The lowest BCUT2D eigenvalue weighted by atomic mass is 10.0. The molecule has 12 nitrogen and oxygen atoms in total. The summed E-state index contributed by atoms with van der Waals surface area (Å²) in [5, 5.41) is 3.25. The molecule has 3 N–H and O–H groups in total. The molecule has 0 spiro atoms. The Morgan fingerprint density at radius 3 is 2.47 bits per heavy atom. The zero-order chi connectivity index (χ0) is 37.9. The highest BCUT2D eigenvalue weighted by Gasteiger charge is 2.33. The van der Waals surface area contributed by atoms with Crippen molar-refractivity contribution in [3.63, 3.8) is 0 Å². The second-order valence-electron chi connectivity index (χ2n) is 13.1. The molecular formula is C38H35F2N5O7S. The minimum Gasteiger partial charge on any atom is -0.464 e. The van der Waals surface area contributed by atoms with Crippen LogP contribution < -0.4 is 20.1 Å². The lowest BCUT2D eigenvalue weighted by Gasteiger charge is -2.30. The third kappa shape index (κ3) is 6.25. The number of nitrogens with zero attached hydrogens (tertiary/aromatic N) is 3. The molecule has 0 saturated heterocycles. The number of rotatable bonds is 9. The molecule has 0 saturated carbocycles. The molecule has 0 radical (unpaired) electrons. The number of amides is 1. The molecule has 6 aromatic rings. The first-order valence-electron chi connectivity index (χ1n) is 16.6. The number of carbonyl (C=O) groups excluding carboxylic acids is 2. The third-order valence-corrected chi connectivity index (χ3v) is 10.5. The first-order valence-corrected chi connectivity index (χ1v) is 18.4. The molecular weight excluding hydrogens is 709 g/mol. The van der Waals surface area contributed by atoms with E-state index in [0.29, 0.717) is 39.2 Å². The van der Waals surface area contributed by atoms with Gasteiger partial charge in [0, 0.05) is 42.1 Å². The van der Waals surface area contributed by atoms with Gasteiger partial charge in [-0.05, 0) is 66.6 Å². The van der Waals surface area contributed by atoms with E-state index in [4.69, 9.17) is 24.6 Å². The quantitative estimate of drug-likeness (QED) is 0.164. The fraction of sp³-hybridized carbons (Fsp3) is 0.237. The van der Waals surface area contributed by atoms with Crippen LogP contribution in [0.25, 0.3) is 55.8 Å². The molecule has 1 unspecified atom stereocenters. The van der Waals surface area contributed by atoms with Crippen LogP contribution in [-0.4, -0.2) is 62.8 Å². The zero-order valence-corrected chi connectivity index (χ0v) is 30.1. The number of nitrogens with one attached hydrogen (secondary N) is 1. The summed E-state index contributed by atoms with van der Waals surface area (Å²) in [4.78, 5) is 31.0. The van der Waals surface area contributed by atoms with Crippen molar-refractivity contribution in [2.75, 3.05) is 31.3 Å². The van der Waals surface area contributed by atoms with Gasteiger partial charge in [-0.15, -0.1) is 0 Å². The normalized spacial score (nSPS) is 14.5. The van der Waals surface area contributed by atoms with E-state index < -0.39 is 45.8 Å². The van der Waals surface area contributed by atoms with Gasteiger partial charge in [0.1, 0.15) is 47.1 Å². The highest BCUT2D eigenvalue weighted by Crippen LogP contribution is 2.45. The van der Waals surface area contributed by atoms with Gasteiger partial charge in [-0.25, -0.2) is 22.2 Å². The van der Waals surface area contributed by atoms with E-state index in [1.165, 1.54) is 50.5 Å². The number of ether oxygens (including phenoxy) is 2. The molecule has 15 heteroatoms. The van der Waals surface area contributed by atoms with Crippen LogP contribution in [0.3, 0.4) is 0 Å². The SMILES string of the molecule is CNC(=O)c1c(-c2ccc(F)cc2)oc2cc(N(C)S(C)(=O)=O)c(-c3ccc4c(n3)-c3cc5c(F)cccc5n3[C@H](COC(=O)C(N)C(C)C)O4)cc12. The van der Waals surface area contributed by atoms with Crippen LogP contribution in [0.5, 0.6) is 5.75 Å². The van der Waals surface area contributed by atoms with E-state index in [1.807, 2.05) is 0 Å². The lowest BCUT2D eigenvalue weighted by molar-refractivity contribution is -0.150. The predicted octanol–water partition coefficient (Wildman–Crippen LogP) is 6.23. The number of carbonyl (C=O) groups is 2. The van der Waals surface area contributed by atoms with Gasteiger partial charge < -0.3 is 24.9 Å². The number of pyridine rings is 1. The highest BCUT2D eigenvalue weighted by atomic mass is 32.2. The van der Waals surface area contributed by atoms with Crippen molar-refractivity contribution in [2.45, 2.75) is 26.1 Å². The molecule has 0 fully saturated rings. The molecule has 0 aliphatic carbocycles. The molecule has 4 heterocycles. The average Bonchev–Trinajstić information content (AvgIpc) is 3.72. The Bertz CT molecular complexity index is 2550.